The lowest BCUT2D eigenvalue weighted by molar-refractivity contribution is -0.147. The van der Waals surface area contributed by atoms with Crippen LogP contribution in [0.1, 0.15) is 52.9 Å². The summed E-state index contributed by atoms with van der Waals surface area (Å²) in [6.07, 6.45) is 4.78. The highest BCUT2D eigenvalue weighted by atomic mass is 16.6. The molecule has 0 fully saturated rings. The molecule has 0 amide bonds. The zero-order chi connectivity index (χ0) is 15.9. The van der Waals surface area contributed by atoms with Crippen molar-refractivity contribution >= 4 is 5.97 Å². The van der Waals surface area contributed by atoms with E-state index in [1.54, 1.807) is 14.0 Å². The van der Waals surface area contributed by atoms with Crippen LogP contribution in [0.2, 0.25) is 0 Å². The van der Waals surface area contributed by atoms with Crippen molar-refractivity contribution in [1.82, 2.24) is 0 Å². The lowest BCUT2D eigenvalue weighted by atomic mass is 10.2. The molecule has 0 rings (SSSR count). The summed E-state index contributed by atoms with van der Waals surface area (Å²) in [4.78, 5) is 11.3. The number of esters is 1. The smallest absolute Gasteiger partial charge is 0.308 e. The van der Waals surface area contributed by atoms with E-state index in [1.165, 1.54) is 19.3 Å². The van der Waals surface area contributed by atoms with Crippen LogP contribution < -0.4 is 0 Å². The van der Waals surface area contributed by atoms with E-state index in [9.17, 15) is 4.79 Å². The van der Waals surface area contributed by atoms with E-state index in [0.29, 0.717) is 19.8 Å². The van der Waals surface area contributed by atoms with E-state index in [4.69, 9.17) is 18.9 Å². The van der Waals surface area contributed by atoms with Gasteiger partial charge in [-0.05, 0) is 20.3 Å². The maximum Gasteiger partial charge on any atom is 0.308 e. The Morgan fingerprint density at radius 3 is 2.48 bits per heavy atom. The molecular weight excluding hydrogens is 272 g/mol. The van der Waals surface area contributed by atoms with Gasteiger partial charge < -0.3 is 18.9 Å². The molecule has 0 bridgehead atoms. The van der Waals surface area contributed by atoms with Crippen molar-refractivity contribution in [3.8, 4) is 0 Å². The van der Waals surface area contributed by atoms with Crippen LogP contribution in [-0.4, -0.2) is 51.7 Å². The van der Waals surface area contributed by atoms with Gasteiger partial charge in [-0.2, -0.15) is 0 Å². The van der Waals surface area contributed by atoms with Crippen LogP contribution in [0.15, 0.2) is 0 Å². The Balaban J connectivity index is 3.66. The Kier molecular flexibility index (Phi) is 13.9. The highest BCUT2D eigenvalue weighted by molar-refractivity contribution is 5.69. The summed E-state index contributed by atoms with van der Waals surface area (Å²) in [6.45, 7) is 7.95. The van der Waals surface area contributed by atoms with Crippen molar-refractivity contribution in [2.45, 2.75) is 65.1 Å². The van der Waals surface area contributed by atoms with E-state index >= 15 is 0 Å². The number of hydrogen-bond acceptors (Lipinski definition) is 5. The van der Waals surface area contributed by atoms with Crippen molar-refractivity contribution in [3.63, 3.8) is 0 Å². The minimum absolute atomic E-state index is 0.0965. The summed E-state index contributed by atoms with van der Waals surface area (Å²) in [5.41, 5.74) is 0. The molecule has 0 radical (unpaired) electrons. The fourth-order valence-electron chi connectivity index (χ4n) is 1.82. The second-order valence-corrected chi connectivity index (χ2v) is 5.15. The van der Waals surface area contributed by atoms with Crippen LogP contribution in [0.4, 0.5) is 0 Å². The fourth-order valence-corrected chi connectivity index (χ4v) is 1.82. The van der Waals surface area contributed by atoms with Gasteiger partial charge in [0.05, 0.1) is 32.3 Å². The first-order valence-corrected chi connectivity index (χ1v) is 8.01. The maximum absolute atomic E-state index is 11.3. The average molecular weight is 304 g/mol. The molecule has 0 aliphatic rings. The number of ether oxygens (including phenoxy) is 4. The third-order valence-corrected chi connectivity index (χ3v) is 3.11. The first kappa shape index (κ1) is 20.3. The number of carbonyl (C=O) groups is 1. The predicted octanol–water partition coefficient (Wildman–Crippen LogP) is 2.96. The van der Waals surface area contributed by atoms with Crippen LogP contribution in [-0.2, 0) is 23.7 Å². The van der Waals surface area contributed by atoms with Gasteiger partial charge >= 0.3 is 5.97 Å². The summed E-state index contributed by atoms with van der Waals surface area (Å²) < 4.78 is 21.4. The molecule has 2 unspecified atom stereocenters. The van der Waals surface area contributed by atoms with Crippen molar-refractivity contribution in [2.24, 2.45) is 0 Å². The molecular formula is C16H32O5. The molecule has 0 aromatic rings. The summed E-state index contributed by atoms with van der Waals surface area (Å²) in [7, 11) is 1.64. The topological polar surface area (TPSA) is 54.0 Å². The van der Waals surface area contributed by atoms with Gasteiger partial charge in [-0.25, -0.2) is 0 Å². The number of carbonyl (C=O) groups excluding carboxylic acids is 1. The van der Waals surface area contributed by atoms with Gasteiger partial charge in [0.2, 0.25) is 0 Å². The summed E-state index contributed by atoms with van der Waals surface area (Å²) >= 11 is 0. The van der Waals surface area contributed by atoms with E-state index < -0.39 is 0 Å². The summed E-state index contributed by atoms with van der Waals surface area (Å²) in [5, 5.41) is 0. The Labute approximate surface area is 129 Å². The first-order chi connectivity index (χ1) is 10.1. The van der Waals surface area contributed by atoms with Crippen molar-refractivity contribution in [3.05, 3.63) is 0 Å². The molecule has 5 heteroatoms. The van der Waals surface area contributed by atoms with Gasteiger partial charge in [0.25, 0.3) is 0 Å². The SMILES string of the molecule is CCCCCCOCC(COC(C)CC(=O)OCC)OC. The van der Waals surface area contributed by atoms with Gasteiger partial charge in [-0.1, -0.05) is 26.2 Å². The third-order valence-electron chi connectivity index (χ3n) is 3.11. The van der Waals surface area contributed by atoms with E-state index in [0.717, 1.165) is 13.0 Å². The molecule has 0 spiro atoms. The molecule has 0 aromatic carbocycles. The molecule has 5 nitrogen and oxygen atoms in total. The van der Waals surface area contributed by atoms with E-state index in [1.807, 2.05) is 6.92 Å². The van der Waals surface area contributed by atoms with Crippen molar-refractivity contribution < 1.29 is 23.7 Å². The molecule has 0 saturated carbocycles. The van der Waals surface area contributed by atoms with Crippen molar-refractivity contribution in [1.29, 1.82) is 0 Å². The fraction of sp³-hybridized carbons (Fsp3) is 0.938. The monoisotopic (exact) mass is 304 g/mol. The third kappa shape index (κ3) is 12.8. The Hall–Kier alpha value is -0.650. The Morgan fingerprint density at radius 1 is 1.10 bits per heavy atom. The minimum atomic E-state index is -0.230. The number of hydrogen-bond donors (Lipinski definition) is 0. The Bertz CT molecular complexity index is 245. The normalized spacial score (nSPS) is 13.9. The number of rotatable bonds is 14. The van der Waals surface area contributed by atoms with Gasteiger partial charge in [0.15, 0.2) is 0 Å². The zero-order valence-electron chi connectivity index (χ0n) is 14.1. The second kappa shape index (κ2) is 14.3. The van der Waals surface area contributed by atoms with Gasteiger partial charge in [0.1, 0.15) is 6.10 Å². The number of methoxy groups -OCH3 is 1. The molecule has 0 aliphatic heterocycles. The molecule has 0 N–H and O–H groups in total. The van der Waals surface area contributed by atoms with Crippen LogP contribution in [0.3, 0.4) is 0 Å². The molecule has 2 atom stereocenters. The molecule has 126 valence electrons. The molecule has 0 saturated heterocycles. The lowest BCUT2D eigenvalue weighted by Gasteiger charge is -2.19. The van der Waals surface area contributed by atoms with Crippen LogP contribution in [0.5, 0.6) is 0 Å². The van der Waals surface area contributed by atoms with Gasteiger partial charge in [-0.3, -0.25) is 4.79 Å². The average Bonchev–Trinajstić information content (AvgIpc) is 2.46. The Morgan fingerprint density at radius 2 is 1.86 bits per heavy atom. The maximum atomic E-state index is 11.3. The van der Waals surface area contributed by atoms with E-state index in [-0.39, 0.29) is 24.6 Å². The minimum Gasteiger partial charge on any atom is -0.466 e. The van der Waals surface area contributed by atoms with Gasteiger partial charge in [-0.15, -0.1) is 0 Å². The summed E-state index contributed by atoms with van der Waals surface area (Å²) in [5.74, 6) is -0.230. The van der Waals surface area contributed by atoms with Crippen LogP contribution in [0.25, 0.3) is 0 Å². The first-order valence-electron chi connectivity index (χ1n) is 8.01. The van der Waals surface area contributed by atoms with Crippen LogP contribution in [0, 0.1) is 0 Å². The molecule has 21 heavy (non-hydrogen) atoms. The van der Waals surface area contributed by atoms with Crippen LogP contribution >= 0.6 is 0 Å². The zero-order valence-corrected chi connectivity index (χ0v) is 14.1. The quantitative estimate of drug-likeness (QED) is 0.365. The lowest BCUT2D eigenvalue weighted by Crippen LogP contribution is -2.28. The molecule has 0 aromatic heterocycles. The van der Waals surface area contributed by atoms with E-state index in [2.05, 4.69) is 6.92 Å². The highest BCUT2D eigenvalue weighted by Crippen LogP contribution is 2.04. The largest absolute Gasteiger partial charge is 0.466 e. The van der Waals surface area contributed by atoms with Gasteiger partial charge in [0, 0.05) is 13.7 Å². The number of unbranched alkanes of at least 4 members (excludes halogenated alkanes) is 3. The standard InChI is InChI=1S/C16H32O5/c1-5-7-8-9-10-19-12-15(18-4)13-21-14(3)11-16(17)20-6-2/h14-15H,5-13H2,1-4H3. The second-order valence-electron chi connectivity index (χ2n) is 5.15. The molecule has 0 heterocycles. The highest BCUT2D eigenvalue weighted by Gasteiger charge is 2.14. The van der Waals surface area contributed by atoms with Crippen molar-refractivity contribution in [2.75, 3.05) is 33.5 Å². The summed E-state index contributed by atoms with van der Waals surface area (Å²) in [6, 6.07) is 0. The predicted molar refractivity (Wildman–Crippen MR) is 82.4 cm³/mol. The molecule has 0 aliphatic carbocycles.